The summed E-state index contributed by atoms with van der Waals surface area (Å²) < 4.78 is 14.0. The van der Waals surface area contributed by atoms with Gasteiger partial charge in [-0.3, -0.25) is 4.79 Å². The summed E-state index contributed by atoms with van der Waals surface area (Å²) in [4.78, 5) is 23.2. The van der Waals surface area contributed by atoms with Crippen molar-refractivity contribution in [1.82, 2.24) is 0 Å². The highest BCUT2D eigenvalue weighted by atomic mass is 79.9. The van der Waals surface area contributed by atoms with E-state index in [9.17, 15) is 14.0 Å². The summed E-state index contributed by atoms with van der Waals surface area (Å²) in [5, 5.41) is 11.7. The van der Waals surface area contributed by atoms with E-state index in [1.165, 1.54) is 36.4 Å². The smallest absolute Gasteiger partial charge is 0.337 e. The van der Waals surface area contributed by atoms with Crippen molar-refractivity contribution in [3.8, 4) is 0 Å². The molecule has 21 heavy (non-hydrogen) atoms. The summed E-state index contributed by atoms with van der Waals surface area (Å²) in [7, 11) is 0. The van der Waals surface area contributed by atoms with Gasteiger partial charge in [0.1, 0.15) is 5.82 Å². The van der Waals surface area contributed by atoms with Crippen molar-refractivity contribution in [1.29, 1.82) is 0 Å². The molecular formula is C14H8BrClFNO3. The highest BCUT2D eigenvalue weighted by Gasteiger charge is 2.17. The van der Waals surface area contributed by atoms with Gasteiger partial charge in [-0.2, -0.15) is 0 Å². The van der Waals surface area contributed by atoms with Crippen molar-refractivity contribution in [3.63, 3.8) is 0 Å². The van der Waals surface area contributed by atoms with Crippen LogP contribution >= 0.6 is 27.5 Å². The Morgan fingerprint density at radius 2 is 1.90 bits per heavy atom. The molecule has 2 aromatic rings. The fourth-order valence-corrected chi connectivity index (χ4v) is 2.21. The molecule has 2 aromatic carbocycles. The number of benzene rings is 2. The van der Waals surface area contributed by atoms with Crippen molar-refractivity contribution >= 4 is 45.1 Å². The van der Waals surface area contributed by atoms with Crippen LogP contribution in [0.3, 0.4) is 0 Å². The molecule has 4 nitrogen and oxygen atoms in total. The highest BCUT2D eigenvalue weighted by Crippen LogP contribution is 2.24. The summed E-state index contributed by atoms with van der Waals surface area (Å²) in [6.45, 7) is 0. The Bertz CT molecular complexity index is 736. The summed E-state index contributed by atoms with van der Waals surface area (Å²) in [5.41, 5.74) is -0.344. The SMILES string of the molecule is O=C(O)c1ccc(Cl)cc1NC(=O)c1cccc(Br)c1F. The average Bonchev–Trinajstić information content (AvgIpc) is 2.41. The van der Waals surface area contributed by atoms with Gasteiger partial charge in [0.15, 0.2) is 0 Å². The summed E-state index contributed by atoms with van der Waals surface area (Å²) in [6.07, 6.45) is 0. The molecule has 7 heteroatoms. The van der Waals surface area contributed by atoms with Crippen LogP contribution in [0.5, 0.6) is 0 Å². The largest absolute Gasteiger partial charge is 0.478 e. The Balaban J connectivity index is 2.38. The highest BCUT2D eigenvalue weighted by molar-refractivity contribution is 9.10. The second-order valence-corrected chi connectivity index (χ2v) is 5.34. The minimum absolute atomic E-state index is 0.000578. The summed E-state index contributed by atoms with van der Waals surface area (Å²) in [6, 6.07) is 8.18. The lowest BCUT2D eigenvalue weighted by Gasteiger charge is -2.10. The third kappa shape index (κ3) is 3.40. The Kier molecular flexibility index (Phi) is 4.59. The molecular weight excluding hydrogens is 365 g/mol. The van der Waals surface area contributed by atoms with Crippen LogP contribution in [0, 0.1) is 5.82 Å². The molecule has 2 N–H and O–H groups in total. The van der Waals surface area contributed by atoms with Crippen LogP contribution in [-0.2, 0) is 0 Å². The van der Waals surface area contributed by atoms with Crippen LogP contribution in [0.15, 0.2) is 40.9 Å². The number of hydrogen-bond donors (Lipinski definition) is 2. The lowest BCUT2D eigenvalue weighted by atomic mass is 10.1. The van der Waals surface area contributed by atoms with E-state index >= 15 is 0 Å². The van der Waals surface area contributed by atoms with E-state index in [4.69, 9.17) is 16.7 Å². The van der Waals surface area contributed by atoms with Gasteiger partial charge in [-0.25, -0.2) is 9.18 Å². The molecule has 0 unspecified atom stereocenters. The lowest BCUT2D eigenvalue weighted by molar-refractivity contribution is 0.0698. The third-order valence-corrected chi connectivity index (χ3v) is 3.50. The molecule has 0 heterocycles. The second kappa shape index (κ2) is 6.24. The van der Waals surface area contributed by atoms with Gasteiger partial charge in [0, 0.05) is 5.02 Å². The molecule has 0 saturated heterocycles. The topological polar surface area (TPSA) is 66.4 Å². The second-order valence-electron chi connectivity index (χ2n) is 4.05. The molecule has 108 valence electrons. The number of carbonyl (C=O) groups is 2. The summed E-state index contributed by atoms with van der Waals surface area (Å²) >= 11 is 8.76. The number of anilines is 1. The minimum Gasteiger partial charge on any atom is -0.478 e. The monoisotopic (exact) mass is 371 g/mol. The van der Waals surface area contributed by atoms with Crippen LogP contribution in [0.4, 0.5) is 10.1 Å². The molecule has 1 amide bonds. The number of aromatic carboxylic acids is 1. The van der Waals surface area contributed by atoms with E-state index in [1.54, 1.807) is 0 Å². The van der Waals surface area contributed by atoms with Gasteiger partial charge >= 0.3 is 5.97 Å². The number of carboxylic acids is 1. The molecule has 0 aliphatic rings. The van der Waals surface area contributed by atoms with Gasteiger partial charge in [0.2, 0.25) is 0 Å². The van der Waals surface area contributed by atoms with Gasteiger partial charge in [0.25, 0.3) is 5.91 Å². The third-order valence-electron chi connectivity index (χ3n) is 2.66. The lowest BCUT2D eigenvalue weighted by Crippen LogP contribution is -2.16. The van der Waals surface area contributed by atoms with E-state index in [0.717, 1.165) is 0 Å². The van der Waals surface area contributed by atoms with Crippen molar-refractivity contribution in [2.24, 2.45) is 0 Å². The van der Waals surface area contributed by atoms with Crippen molar-refractivity contribution < 1.29 is 19.1 Å². The van der Waals surface area contributed by atoms with Gasteiger partial charge in [-0.15, -0.1) is 0 Å². The molecule has 0 atom stereocenters. The maximum Gasteiger partial charge on any atom is 0.337 e. The number of halogens is 3. The van der Waals surface area contributed by atoms with Crippen LogP contribution in [0.2, 0.25) is 5.02 Å². The normalized spacial score (nSPS) is 10.2. The number of hydrogen-bond acceptors (Lipinski definition) is 2. The van der Waals surface area contributed by atoms with Crippen LogP contribution < -0.4 is 5.32 Å². The molecule has 0 aliphatic heterocycles. The van der Waals surface area contributed by atoms with Crippen LogP contribution in [0.1, 0.15) is 20.7 Å². The minimum atomic E-state index is -1.23. The van der Waals surface area contributed by atoms with E-state index in [-0.39, 0.29) is 26.3 Å². The van der Waals surface area contributed by atoms with E-state index in [0.29, 0.717) is 0 Å². The molecule has 0 fully saturated rings. The Morgan fingerprint density at radius 1 is 1.19 bits per heavy atom. The maximum atomic E-state index is 13.8. The van der Waals surface area contributed by atoms with E-state index in [2.05, 4.69) is 21.2 Å². The maximum absolute atomic E-state index is 13.8. The van der Waals surface area contributed by atoms with Crippen LogP contribution in [0.25, 0.3) is 0 Å². The van der Waals surface area contributed by atoms with Gasteiger partial charge in [-0.05, 0) is 46.3 Å². The number of carbonyl (C=O) groups excluding carboxylic acids is 1. The molecule has 0 spiro atoms. The average molecular weight is 373 g/mol. The summed E-state index contributed by atoms with van der Waals surface area (Å²) in [5.74, 6) is -2.72. The molecule has 0 radical (unpaired) electrons. The molecule has 0 bridgehead atoms. The first-order chi connectivity index (χ1) is 9.90. The Morgan fingerprint density at radius 3 is 2.57 bits per heavy atom. The molecule has 0 saturated carbocycles. The van der Waals surface area contributed by atoms with Gasteiger partial charge in [-0.1, -0.05) is 17.7 Å². The quantitative estimate of drug-likeness (QED) is 0.849. The predicted octanol–water partition coefficient (Wildman–Crippen LogP) is 4.19. The molecule has 0 aliphatic carbocycles. The van der Waals surface area contributed by atoms with E-state index < -0.39 is 17.7 Å². The Hall–Kier alpha value is -1.92. The zero-order valence-corrected chi connectivity index (χ0v) is 12.7. The number of nitrogens with one attached hydrogen (secondary N) is 1. The number of amides is 1. The Labute approximate surface area is 132 Å². The first kappa shape index (κ1) is 15.5. The van der Waals surface area contributed by atoms with Crippen LogP contribution in [-0.4, -0.2) is 17.0 Å². The number of carboxylic acid groups (broad SMARTS) is 1. The van der Waals surface area contributed by atoms with Crippen molar-refractivity contribution in [3.05, 3.63) is 62.8 Å². The predicted molar refractivity (Wildman–Crippen MR) is 80.5 cm³/mol. The van der Waals surface area contributed by atoms with E-state index in [1.807, 2.05) is 0 Å². The van der Waals surface area contributed by atoms with Gasteiger partial charge in [0.05, 0.1) is 21.3 Å². The first-order valence-corrected chi connectivity index (χ1v) is 6.85. The fourth-order valence-electron chi connectivity index (χ4n) is 1.68. The van der Waals surface area contributed by atoms with Crippen molar-refractivity contribution in [2.75, 3.05) is 5.32 Å². The van der Waals surface area contributed by atoms with Gasteiger partial charge < -0.3 is 10.4 Å². The fraction of sp³-hybridized carbons (Fsp3) is 0. The van der Waals surface area contributed by atoms with Crippen molar-refractivity contribution in [2.45, 2.75) is 0 Å². The first-order valence-electron chi connectivity index (χ1n) is 5.68. The molecule has 2 rings (SSSR count). The zero-order chi connectivity index (χ0) is 15.6. The number of rotatable bonds is 3. The standard InChI is InChI=1S/C14H8BrClFNO3/c15-10-3-1-2-9(12(10)17)13(19)18-11-6-7(16)4-5-8(11)14(20)21/h1-6H,(H,18,19)(H,20,21). The zero-order valence-electron chi connectivity index (χ0n) is 10.4. The molecule has 0 aromatic heterocycles.